The second-order valence-electron chi connectivity index (χ2n) is 8.94. The molecule has 0 aliphatic carbocycles. The number of hydrogen-bond donors (Lipinski definition) is 6. The van der Waals surface area contributed by atoms with Crippen LogP contribution in [0.25, 0.3) is 0 Å². The third-order valence-corrected chi connectivity index (χ3v) is 5.69. The summed E-state index contributed by atoms with van der Waals surface area (Å²) in [5, 5.41) is 33.6. The van der Waals surface area contributed by atoms with E-state index in [1.54, 1.807) is 12.1 Å². The number of aromatic hydroxyl groups is 1. The number of nitrogens with one attached hydrogen (secondary N) is 2. The van der Waals surface area contributed by atoms with Crippen molar-refractivity contribution in [3.63, 3.8) is 0 Å². The molecule has 7 N–H and O–H groups in total. The highest BCUT2D eigenvalue weighted by molar-refractivity contribution is 5.94. The summed E-state index contributed by atoms with van der Waals surface area (Å²) in [7, 11) is 0. The Balaban J connectivity index is 2.17. The number of carbonyl (C=O) groups excluding carboxylic acids is 3. The largest absolute Gasteiger partial charge is 0.508 e. The van der Waals surface area contributed by atoms with Crippen LogP contribution in [0.2, 0.25) is 0 Å². The van der Waals surface area contributed by atoms with E-state index in [2.05, 4.69) is 10.6 Å². The second kappa shape index (κ2) is 12.3. The topological polar surface area (TPSA) is 182 Å². The molecule has 11 nitrogen and oxygen atoms in total. The van der Waals surface area contributed by atoms with E-state index in [0.29, 0.717) is 24.8 Å². The van der Waals surface area contributed by atoms with Crippen LogP contribution in [-0.2, 0) is 25.6 Å². The number of amides is 3. The van der Waals surface area contributed by atoms with E-state index in [-0.39, 0.29) is 24.6 Å². The van der Waals surface area contributed by atoms with Gasteiger partial charge in [-0.05, 0) is 42.9 Å². The second-order valence-corrected chi connectivity index (χ2v) is 8.94. The van der Waals surface area contributed by atoms with Gasteiger partial charge in [-0.1, -0.05) is 26.0 Å². The molecule has 1 aromatic rings. The van der Waals surface area contributed by atoms with Crippen LogP contribution in [0.4, 0.5) is 0 Å². The molecule has 3 amide bonds. The fraction of sp³-hybridized carbons (Fsp3) is 0.565. The summed E-state index contributed by atoms with van der Waals surface area (Å²) in [5.74, 6) is -2.92. The number of likely N-dealkylation sites (tertiary alicyclic amines) is 1. The van der Waals surface area contributed by atoms with Crippen LogP contribution in [0.3, 0.4) is 0 Å². The SMILES string of the molecule is CC(C)CC(N)C(=O)NC(Cc1ccc(O)cc1)C(=O)NC(CO)C(=O)N1CCCC1C(=O)O. The van der Waals surface area contributed by atoms with Crippen LogP contribution in [-0.4, -0.2) is 81.2 Å². The van der Waals surface area contributed by atoms with Gasteiger partial charge in [-0.2, -0.15) is 0 Å². The minimum Gasteiger partial charge on any atom is -0.508 e. The van der Waals surface area contributed by atoms with Gasteiger partial charge in [0.1, 0.15) is 23.9 Å². The van der Waals surface area contributed by atoms with E-state index in [1.165, 1.54) is 12.1 Å². The van der Waals surface area contributed by atoms with Crippen molar-refractivity contribution in [2.45, 2.75) is 63.7 Å². The number of aliphatic hydroxyl groups excluding tert-OH is 1. The van der Waals surface area contributed by atoms with Crippen molar-refractivity contribution in [2.24, 2.45) is 11.7 Å². The molecule has 0 spiro atoms. The Kier molecular flexibility index (Phi) is 9.82. The summed E-state index contributed by atoms with van der Waals surface area (Å²) < 4.78 is 0. The zero-order chi connectivity index (χ0) is 25.4. The predicted octanol–water partition coefficient (Wildman–Crippen LogP) is -0.654. The summed E-state index contributed by atoms with van der Waals surface area (Å²) in [5.41, 5.74) is 6.58. The van der Waals surface area contributed by atoms with Gasteiger partial charge in [-0.25, -0.2) is 4.79 Å². The minimum atomic E-state index is -1.36. The number of carboxylic acid groups (broad SMARTS) is 1. The highest BCUT2D eigenvalue weighted by Crippen LogP contribution is 2.19. The third kappa shape index (κ3) is 7.42. The first-order valence-electron chi connectivity index (χ1n) is 11.3. The monoisotopic (exact) mass is 478 g/mol. The normalized spacial score (nSPS) is 18.3. The number of carbonyl (C=O) groups is 4. The fourth-order valence-electron chi connectivity index (χ4n) is 3.92. The maximum atomic E-state index is 13.1. The lowest BCUT2D eigenvalue weighted by molar-refractivity contribution is -0.150. The Hall–Kier alpha value is -3.18. The van der Waals surface area contributed by atoms with Gasteiger partial charge < -0.3 is 36.6 Å². The van der Waals surface area contributed by atoms with E-state index in [0.717, 1.165) is 4.90 Å². The van der Waals surface area contributed by atoms with Gasteiger partial charge in [0, 0.05) is 13.0 Å². The molecule has 188 valence electrons. The molecular formula is C23H34N4O7. The molecule has 0 radical (unpaired) electrons. The Morgan fingerprint density at radius 3 is 2.26 bits per heavy atom. The number of aliphatic carboxylic acids is 1. The molecule has 0 aromatic heterocycles. The Morgan fingerprint density at radius 1 is 1.09 bits per heavy atom. The Morgan fingerprint density at radius 2 is 1.71 bits per heavy atom. The van der Waals surface area contributed by atoms with E-state index in [4.69, 9.17) is 5.73 Å². The summed E-state index contributed by atoms with van der Waals surface area (Å²) in [6.45, 7) is 3.29. The third-order valence-electron chi connectivity index (χ3n) is 5.69. The highest BCUT2D eigenvalue weighted by atomic mass is 16.4. The molecule has 1 aromatic carbocycles. The molecular weight excluding hydrogens is 444 g/mol. The number of carboxylic acids is 1. The summed E-state index contributed by atoms with van der Waals surface area (Å²) >= 11 is 0. The number of aliphatic hydroxyl groups is 1. The average molecular weight is 479 g/mol. The first-order chi connectivity index (χ1) is 16.0. The van der Waals surface area contributed by atoms with Gasteiger partial charge in [-0.15, -0.1) is 0 Å². The van der Waals surface area contributed by atoms with Gasteiger partial charge in [0.2, 0.25) is 17.7 Å². The maximum absolute atomic E-state index is 13.1. The lowest BCUT2D eigenvalue weighted by Crippen LogP contribution is -2.58. The van der Waals surface area contributed by atoms with Crippen LogP contribution in [0, 0.1) is 5.92 Å². The number of rotatable bonds is 11. The number of benzene rings is 1. The van der Waals surface area contributed by atoms with Crippen LogP contribution in [0.15, 0.2) is 24.3 Å². The first-order valence-corrected chi connectivity index (χ1v) is 11.3. The van der Waals surface area contributed by atoms with E-state index >= 15 is 0 Å². The molecule has 4 atom stereocenters. The van der Waals surface area contributed by atoms with Crippen molar-refractivity contribution in [1.82, 2.24) is 15.5 Å². The van der Waals surface area contributed by atoms with Crippen molar-refractivity contribution in [1.29, 1.82) is 0 Å². The molecule has 0 bridgehead atoms. The van der Waals surface area contributed by atoms with Crippen molar-refractivity contribution in [3.05, 3.63) is 29.8 Å². The molecule has 1 saturated heterocycles. The standard InChI is InChI=1S/C23H34N4O7/c1-13(2)10-16(24)20(30)25-17(11-14-5-7-15(29)8-6-14)21(31)26-18(12-28)22(32)27-9-3-4-19(27)23(33)34/h5-8,13,16-19,28-29H,3-4,9-12,24H2,1-2H3,(H,25,30)(H,26,31)(H,33,34). The minimum absolute atomic E-state index is 0.0391. The molecule has 0 saturated carbocycles. The Labute approximate surface area is 198 Å². The number of nitrogens with two attached hydrogens (primary N) is 1. The number of phenols is 1. The van der Waals surface area contributed by atoms with E-state index < -0.39 is 54.5 Å². The van der Waals surface area contributed by atoms with Gasteiger partial charge in [0.05, 0.1) is 12.6 Å². The van der Waals surface area contributed by atoms with Gasteiger partial charge >= 0.3 is 5.97 Å². The summed E-state index contributed by atoms with van der Waals surface area (Å²) in [6, 6.07) is 1.72. The van der Waals surface area contributed by atoms with E-state index in [9.17, 15) is 34.5 Å². The number of nitrogens with zero attached hydrogens (tertiary/aromatic N) is 1. The smallest absolute Gasteiger partial charge is 0.326 e. The molecule has 1 heterocycles. The van der Waals surface area contributed by atoms with Crippen molar-refractivity contribution >= 4 is 23.7 Å². The summed E-state index contributed by atoms with van der Waals surface area (Å²) in [6.07, 6.45) is 1.24. The molecule has 1 fully saturated rings. The fourth-order valence-corrected chi connectivity index (χ4v) is 3.92. The predicted molar refractivity (Wildman–Crippen MR) is 123 cm³/mol. The van der Waals surface area contributed by atoms with Gasteiger partial charge in [0.25, 0.3) is 0 Å². The average Bonchev–Trinajstić information content (AvgIpc) is 3.27. The molecule has 2 rings (SSSR count). The van der Waals surface area contributed by atoms with Gasteiger partial charge in [0.15, 0.2) is 0 Å². The van der Waals surface area contributed by atoms with Crippen molar-refractivity contribution in [3.8, 4) is 5.75 Å². The Bertz CT molecular complexity index is 875. The van der Waals surface area contributed by atoms with Crippen LogP contribution >= 0.6 is 0 Å². The number of hydrogen-bond acceptors (Lipinski definition) is 7. The maximum Gasteiger partial charge on any atom is 0.326 e. The van der Waals surface area contributed by atoms with Crippen molar-refractivity contribution < 1.29 is 34.5 Å². The zero-order valence-corrected chi connectivity index (χ0v) is 19.4. The van der Waals surface area contributed by atoms with Gasteiger partial charge in [-0.3, -0.25) is 14.4 Å². The van der Waals surface area contributed by atoms with Crippen LogP contribution < -0.4 is 16.4 Å². The molecule has 34 heavy (non-hydrogen) atoms. The first kappa shape index (κ1) is 27.1. The number of phenolic OH excluding ortho intramolecular Hbond substituents is 1. The quantitative estimate of drug-likeness (QED) is 0.242. The summed E-state index contributed by atoms with van der Waals surface area (Å²) in [4.78, 5) is 51.1. The van der Waals surface area contributed by atoms with Crippen LogP contribution in [0.1, 0.15) is 38.7 Å². The lowest BCUT2D eigenvalue weighted by Gasteiger charge is -2.28. The molecule has 1 aliphatic rings. The van der Waals surface area contributed by atoms with E-state index in [1.807, 2.05) is 13.8 Å². The molecule has 1 aliphatic heterocycles. The highest BCUT2D eigenvalue weighted by Gasteiger charge is 2.38. The zero-order valence-electron chi connectivity index (χ0n) is 19.4. The van der Waals surface area contributed by atoms with Crippen molar-refractivity contribution in [2.75, 3.05) is 13.2 Å². The lowest BCUT2D eigenvalue weighted by atomic mass is 10.0. The molecule has 11 heteroatoms. The van der Waals surface area contributed by atoms with Crippen LogP contribution in [0.5, 0.6) is 5.75 Å². The molecule has 4 unspecified atom stereocenters.